The van der Waals surface area contributed by atoms with Crippen LogP contribution in [-0.4, -0.2) is 6.29 Å². The number of carbonyl (C=O) groups is 1. The summed E-state index contributed by atoms with van der Waals surface area (Å²) in [6.45, 7) is 0. The van der Waals surface area contributed by atoms with Crippen LogP contribution in [0.3, 0.4) is 0 Å². The number of halogens is 4. The summed E-state index contributed by atoms with van der Waals surface area (Å²) in [6.07, 6.45) is 9.40. The van der Waals surface area contributed by atoms with Crippen molar-refractivity contribution in [1.29, 1.82) is 0 Å². The van der Waals surface area contributed by atoms with Crippen LogP contribution >= 0.6 is 97.7 Å². The van der Waals surface area contributed by atoms with Crippen molar-refractivity contribution in [2.45, 2.75) is 0 Å². The van der Waals surface area contributed by atoms with Gasteiger partial charge in [0.15, 0.2) is 6.29 Å². The summed E-state index contributed by atoms with van der Waals surface area (Å²) in [5, 5.41) is 0. The average Bonchev–Trinajstić information content (AvgIpc) is 3.74. The predicted molar refractivity (Wildman–Crippen MR) is 207 cm³/mol. The van der Waals surface area contributed by atoms with E-state index < -0.39 is 0 Å². The van der Waals surface area contributed by atoms with E-state index in [0.717, 1.165) is 76.1 Å². The van der Waals surface area contributed by atoms with E-state index in [4.69, 9.17) is 0 Å². The van der Waals surface area contributed by atoms with Crippen LogP contribution in [0.2, 0.25) is 0 Å². The maximum atomic E-state index is 11.2. The quantitative estimate of drug-likeness (QED) is 0.135. The van der Waals surface area contributed by atoms with Gasteiger partial charge in [-0.15, -0.1) is 34.0 Å². The molecule has 0 aliphatic carbocycles. The van der Waals surface area contributed by atoms with E-state index in [-0.39, 0.29) is 0 Å². The Morgan fingerprint density at radius 3 is 1.36 bits per heavy atom. The fourth-order valence-corrected chi connectivity index (χ4v) is 10.9. The van der Waals surface area contributed by atoms with Gasteiger partial charge in [-0.05, 0) is 141 Å². The monoisotopic (exact) mass is 883 g/mol. The Morgan fingerprint density at radius 2 is 0.977 bits per heavy atom. The largest absolute Gasteiger partial charge is 0.311 e. The number of anilines is 3. The normalized spacial score (nSPS) is 11.5. The van der Waals surface area contributed by atoms with Crippen molar-refractivity contribution in [3.05, 3.63) is 139 Å². The van der Waals surface area contributed by atoms with Gasteiger partial charge in [0, 0.05) is 33.1 Å². The number of rotatable bonds is 9. The fraction of sp³-hybridized carbons (Fsp3) is 0. The van der Waals surface area contributed by atoms with E-state index in [1.165, 1.54) is 11.3 Å². The number of benzene rings is 3. The molecule has 0 fully saturated rings. The smallest absolute Gasteiger partial charge is 0.160 e. The predicted octanol–water partition coefficient (Wildman–Crippen LogP) is 14.2. The standard InChI is InChI=1S/C35H21Br4NOS3/c36-32-19-25(34(38)43-32)7-1-22-3-11-27(12-4-22)40(29-15-9-24(10-16-29)31-18-17-30(21-41)42-31)28-13-5-23(6-14-28)2-8-26-20-33(37)44-35(26)39/h1-21H/b7-1+,8-2+. The van der Waals surface area contributed by atoms with Crippen LogP contribution in [0.1, 0.15) is 31.9 Å². The zero-order valence-electron chi connectivity index (χ0n) is 22.7. The Morgan fingerprint density at radius 1 is 0.523 bits per heavy atom. The first kappa shape index (κ1) is 31.6. The third-order valence-corrected chi connectivity index (χ3v) is 12.6. The van der Waals surface area contributed by atoms with Crippen LogP contribution < -0.4 is 4.90 Å². The second kappa shape index (κ2) is 14.4. The molecule has 0 unspecified atom stereocenters. The first-order chi connectivity index (χ1) is 21.4. The number of nitrogens with zero attached hydrogens (tertiary/aromatic N) is 1. The molecule has 3 aromatic heterocycles. The Labute approximate surface area is 301 Å². The van der Waals surface area contributed by atoms with Gasteiger partial charge in [-0.25, -0.2) is 0 Å². The molecule has 0 saturated heterocycles. The molecule has 2 nitrogen and oxygen atoms in total. The highest BCUT2D eigenvalue weighted by atomic mass is 79.9. The average molecular weight is 887 g/mol. The number of thiophene rings is 3. The molecule has 6 rings (SSSR count). The van der Waals surface area contributed by atoms with E-state index >= 15 is 0 Å². The zero-order valence-corrected chi connectivity index (χ0v) is 31.5. The number of hydrogen-bond acceptors (Lipinski definition) is 5. The van der Waals surface area contributed by atoms with Crippen molar-refractivity contribution < 1.29 is 4.79 Å². The molecule has 0 radical (unpaired) electrons. The molecule has 0 aliphatic rings. The topological polar surface area (TPSA) is 20.3 Å². The molecule has 0 aliphatic heterocycles. The molecule has 0 bridgehead atoms. The molecule has 0 saturated carbocycles. The van der Waals surface area contributed by atoms with Gasteiger partial charge in [0.05, 0.1) is 20.0 Å². The summed E-state index contributed by atoms with van der Waals surface area (Å²) in [6, 6.07) is 33.8. The summed E-state index contributed by atoms with van der Waals surface area (Å²) in [4.78, 5) is 15.3. The highest BCUT2D eigenvalue weighted by molar-refractivity contribution is 9.12. The minimum absolute atomic E-state index is 0.729. The molecular weight excluding hydrogens is 866 g/mol. The van der Waals surface area contributed by atoms with Crippen molar-refractivity contribution in [1.82, 2.24) is 0 Å². The lowest BCUT2D eigenvalue weighted by Gasteiger charge is -2.26. The summed E-state index contributed by atoms with van der Waals surface area (Å²) in [7, 11) is 0. The maximum Gasteiger partial charge on any atom is 0.160 e. The lowest BCUT2D eigenvalue weighted by molar-refractivity contribution is 0.112. The summed E-state index contributed by atoms with van der Waals surface area (Å²) in [5.41, 5.74) is 8.78. The molecule has 218 valence electrons. The van der Waals surface area contributed by atoms with Crippen molar-refractivity contribution in [3.8, 4) is 10.4 Å². The third kappa shape index (κ3) is 7.53. The number of aldehydes is 1. The van der Waals surface area contributed by atoms with Crippen LogP contribution in [0.5, 0.6) is 0 Å². The van der Waals surface area contributed by atoms with E-state index in [1.807, 2.05) is 12.1 Å². The molecule has 6 aromatic rings. The van der Waals surface area contributed by atoms with E-state index in [0.29, 0.717) is 0 Å². The van der Waals surface area contributed by atoms with Crippen LogP contribution in [0.15, 0.2) is 112 Å². The van der Waals surface area contributed by atoms with Gasteiger partial charge in [-0.3, -0.25) is 4.79 Å². The number of carbonyl (C=O) groups excluding carboxylic acids is 1. The van der Waals surface area contributed by atoms with Crippen molar-refractivity contribution in [2.24, 2.45) is 0 Å². The van der Waals surface area contributed by atoms with Gasteiger partial charge in [-0.2, -0.15) is 0 Å². The van der Waals surface area contributed by atoms with Crippen LogP contribution in [-0.2, 0) is 0 Å². The highest BCUT2D eigenvalue weighted by Gasteiger charge is 2.13. The van der Waals surface area contributed by atoms with Crippen LogP contribution in [0.25, 0.3) is 34.7 Å². The van der Waals surface area contributed by atoms with E-state index in [2.05, 4.69) is 178 Å². The molecule has 0 atom stereocenters. The molecule has 3 heterocycles. The zero-order chi connectivity index (χ0) is 30.6. The van der Waals surface area contributed by atoms with Crippen LogP contribution in [0, 0.1) is 0 Å². The Kier molecular flexibility index (Phi) is 10.3. The van der Waals surface area contributed by atoms with Gasteiger partial charge in [0.2, 0.25) is 0 Å². The van der Waals surface area contributed by atoms with Crippen molar-refractivity contribution >= 4 is 145 Å². The van der Waals surface area contributed by atoms with Crippen molar-refractivity contribution in [3.63, 3.8) is 0 Å². The van der Waals surface area contributed by atoms with Crippen LogP contribution in [0.4, 0.5) is 17.1 Å². The van der Waals surface area contributed by atoms with Gasteiger partial charge in [0.25, 0.3) is 0 Å². The van der Waals surface area contributed by atoms with Gasteiger partial charge >= 0.3 is 0 Å². The van der Waals surface area contributed by atoms with Gasteiger partial charge < -0.3 is 4.90 Å². The lowest BCUT2D eigenvalue weighted by atomic mass is 10.1. The summed E-state index contributed by atoms with van der Waals surface area (Å²) in [5.74, 6) is 0. The first-order valence-electron chi connectivity index (χ1n) is 13.3. The Bertz CT molecular complexity index is 1870. The maximum absolute atomic E-state index is 11.2. The second-order valence-corrected chi connectivity index (χ2v) is 18.2. The highest BCUT2D eigenvalue weighted by Crippen LogP contribution is 2.38. The molecule has 0 N–H and O–H groups in total. The van der Waals surface area contributed by atoms with Gasteiger partial charge in [0.1, 0.15) is 0 Å². The fourth-order valence-electron chi connectivity index (χ4n) is 4.57. The first-order valence-corrected chi connectivity index (χ1v) is 18.9. The minimum Gasteiger partial charge on any atom is -0.311 e. The molecule has 0 spiro atoms. The van der Waals surface area contributed by atoms with E-state index in [9.17, 15) is 4.79 Å². The Balaban J connectivity index is 1.31. The SMILES string of the molecule is O=Cc1ccc(-c2ccc(N(c3ccc(/C=C/c4cc(Br)sc4Br)cc3)c3ccc(/C=C/c4cc(Br)sc4Br)cc3)cc2)s1. The summed E-state index contributed by atoms with van der Waals surface area (Å²) < 4.78 is 4.40. The molecule has 44 heavy (non-hydrogen) atoms. The molecular formula is C35H21Br4NOS3. The number of hydrogen-bond donors (Lipinski definition) is 0. The minimum atomic E-state index is 0.729. The molecule has 9 heteroatoms. The lowest BCUT2D eigenvalue weighted by Crippen LogP contribution is -2.09. The van der Waals surface area contributed by atoms with E-state index in [1.54, 1.807) is 22.7 Å². The second-order valence-electron chi connectivity index (χ2n) is 9.61. The molecule has 0 amide bonds. The van der Waals surface area contributed by atoms with Gasteiger partial charge in [-0.1, -0.05) is 60.7 Å². The molecule has 3 aromatic carbocycles. The summed E-state index contributed by atoms with van der Waals surface area (Å²) >= 11 is 19.2. The van der Waals surface area contributed by atoms with Crippen molar-refractivity contribution in [2.75, 3.05) is 4.90 Å². The third-order valence-electron chi connectivity index (χ3n) is 6.73. The Hall–Kier alpha value is -2.37.